The van der Waals surface area contributed by atoms with E-state index in [9.17, 15) is 0 Å². The molecule has 6 aromatic rings. The molecule has 2 heteroatoms. The molecule has 0 amide bonds. The predicted octanol–water partition coefficient (Wildman–Crippen LogP) is 11.4. The number of benzene rings is 5. The predicted molar refractivity (Wildman–Crippen MR) is 178 cm³/mol. The van der Waals surface area contributed by atoms with Crippen LogP contribution in [0.4, 0.5) is 17.1 Å². The molecule has 2 aliphatic carbocycles. The molecule has 1 aromatic heterocycles. The van der Waals surface area contributed by atoms with E-state index in [4.69, 9.17) is 4.42 Å². The normalized spacial score (nSPS) is 14.2. The summed E-state index contributed by atoms with van der Waals surface area (Å²) in [5.41, 5.74) is 12.8. The van der Waals surface area contributed by atoms with Crippen molar-refractivity contribution in [1.29, 1.82) is 0 Å². The van der Waals surface area contributed by atoms with E-state index in [1.54, 1.807) is 0 Å². The lowest BCUT2D eigenvalue weighted by Crippen LogP contribution is -2.10. The number of hydrogen-bond acceptors (Lipinski definition) is 2. The quantitative estimate of drug-likeness (QED) is 0.216. The third kappa shape index (κ3) is 4.37. The van der Waals surface area contributed by atoms with Crippen LogP contribution >= 0.6 is 0 Å². The van der Waals surface area contributed by atoms with Gasteiger partial charge in [0.15, 0.2) is 0 Å². The largest absolute Gasteiger partial charge is 0.456 e. The molecular weight excluding hydrogens is 510 g/mol. The SMILES string of the molecule is C1=CC(c2cccc(N(c3ccc(-c4ccccc4)cc3)c3ccc4c(c3)oc3ccc5c(c34)CCC=C5)c2)=CCC1. The molecule has 1 heterocycles. The van der Waals surface area contributed by atoms with Gasteiger partial charge in [0, 0.05) is 33.9 Å². The molecule has 8 rings (SSSR count). The first-order chi connectivity index (χ1) is 20.8. The summed E-state index contributed by atoms with van der Waals surface area (Å²) in [6.07, 6.45) is 15.7. The van der Waals surface area contributed by atoms with Crippen molar-refractivity contribution in [3.63, 3.8) is 0 Å². The van der Waals surface area contributed by atoms with Crippen molar-refractivity contribution in [3.05, 3.63) is 150 Å². The van der Waals surface area contributed by atoms with Gasteiger partial charge in [-0.1, -0.05) is 91.0 Å². The Hall–Kier alpha value is -5.08. The van der Waals surface area contributed by atoms with Crippen LogP contribution in [0, 0.1) is 0 Å². The van der Waals surface area contributed by atoms with Crippen LogP contribution in [0.25, 0.3) is 44.7 Å². The fraction of sp³-hybridized carbons (Fsp3) is 0.100. The number of fused-ring (bicyclic) bond motifs is 5. The van der Waals surface area contributed by atoms with Crippen molar-refractivity contribution < 1.29 is 4.42 Å². The third-order valence-electron chi connectivity index (χ3n) is 8.55. The summed E-state index contributed by atoms with van der Waals surface area (Å²) in [5.74, 6) is 0. The molecule has 5 aromatic carbocycles. The van der Waals surface area contributed by atoms with Gasteiger partial charge in [0.2, 0.25) is 0 Å². The van der Waals surface area contributed by atoms with Gasteiger partial charge in [-0.2, -0.15) is 0 Å². The molecule has 202 valence electrons. The van der Waals surface area contributed by atoms with Gasteiger partial charge < -0.3 is 9.32 Å². The van der Waals surface area contributed by atoms with Gasteiger partial charge in [0.1, 0.15) is 11.2 Å². The van der Waals surface area contributed by atoms with Crippen molar-refractivity contribution in [2.24, 2.45) is 0 Å². The zero-order valence-corrected chi connectivity index (χ0v) is 23.5. The zero-order chi connectivity index (χ0) is 27.9. The summed E-state index contributed by atoms with van der Waals surface area (Å²) in [7, 11) is 0. The maximum absolute atomic E-state index is 6.51. The highest BCUT2D eigenvalue weighted by molar-refractivity contribution is 6.09. The average molecular weight is 542 g/mol. The molecule has 2 aliphatic rings. The van der Waals surface area contributed by atoms with Crippen LogP contribution < -0.4 is 4.90 Å². The van der Waals surface area contributed by atoms with E-state index in [0.29, 0.717) is 0 Å². The van der Waals surface area contributed by atoms with E-state index in [1.165, 1.54) is 44.2 Å². The second-order valence-corrected chi connectivity index (χ2v) is 11.2. The van der Waals surface area contributed by atoms with Crippen molar-refractivity contribution >= 4 is 50.6 Å². The fourth-order valence-corrected chi connectivity index (χ4v) is 6.48. The molecule has 42 heavy (non-hydrogen) atoms. The smallest absolute Gasteiger partial charge is 0.137 e. The van der Waals surface area contributed by atoms with E-state index >= 15 is 0 Å². The number of rotatable bonds is 5. The first kappa shape index (κ1) is 24.7. The molecule has 0 radical (unpaired) electrons. The van der Waals surface area contributed by atoms with Crippen molar-refractivity contribution in [2.75, 3.05) is 4.90 Å². The Kier molecular flexibility index (Phi) is 6.11. The molecule has 2 nitrogen and oxygen atoms in total. The van der Waals surface area contributed by atoms with Crippen LogP contribution in [-0.2, 0) is 6.42 Å². The highest BCUT2D eigenvalue weighted by Crippen LogP contribution is 2.41. The number of furan rings is 1. The second kappa shape index (κ2) is 10.4. The van der Waals surface area contributed by atoms with Gasteiger partial charge in [-0.15, -0.1) is 0 Å². The van der Waals surface area contributed by atoms with E-state index in [1.807, 2.05) is 0 Å². The van der Waals surface area contributed by atoms with Crippen molar-refractivity contribution in [3.8, 4) is 11.1 Å². The molecule has 0 fully saturated rings. The summed E-state index contributed by atoms with van der Waals surface area (Å²) in [5, 5.41) is 2.45. The monoisotopic (exact) mass is 541 g/mol. The van der Waals surface area contributed by atoms with Crippen molar-refractivity contribution in [1.82, 2.24) is 0 Å². The fourth-order valence-electron chi connectivity index (χ4n) is 6.48. The molecular formula is C40H31NO. The summed E-state index contributed by atoms with van der Waals surface area (Å²) >= 11 is 0. The van der Waals surface area contributed by atoms with Crippen LogP contribution in [0.2, 0.25) is 0 Å². The highest BCUT2D eigenvalue weighted by atomic mass is 16.3. The lowest BCUT2D eigenvalue weighted by Gasteiger charge is -2.26. The number of allylic oxidation sites excluding steroid dienone is 5. The Balaban J connectivity index is 1.27. The maximum Gasteiger partial charge on any atom is 0.137 e. The van der Waals surface area contributed by atoms with Crippen LogP contribution in [0.15, 0.2) is 138 Å². The van der Waals surface area contributed by atoms with E-state index < -0.39 is 0 Å². The number of nitrogens with zero attached hydrogens (tertiary/aromatic N) is 1. The number of hydrogen-bond donors (Lipinski definition) is 0. The summed E-state index contributed by atoms with van der Waals surface area (Å²) in [6.45, 7) is 0. The number of aryl methyl sites for hydroxylation is 1. The van der Waals surface area contributed by atoms with Crippen LogP contribution in [0.5, 0.6) is 0 Å². The van der Waals surface area contributed by atoms with Gasteiger partial charge in [0.05, 0.1) is 0 Å². The zero-order valence-electron chi connectivity index (χ0n) is 23.5. The topological polar surface area (TPSA) is 16.4 Å². The minimum atomic E-state index is 0.922. The molecule has 0 bridgehead atoms. The van der Waals surface area contributed by atoms with E-state index in [-0.39, 0.29) is 0 Å². The summed E-state index contributed by atoms with van der Waals surface area (Å²) in [6, 6.07) is 39.3. The Morgan fingerprint density at radius 1 is 0.548 bits per heavy atom. The molecule has 0 unspecified atom stereocenters. The highest BCUT2D eigenvalue weighted by Gasteiger charge is 2.19. The Labute approximate surface area is 246 Å². The second-order valence-electron chi connectivity index (χ2n) is 11.2. The molecule has 0 N–H and O–H groups in total. The van der Waals surface area contributed by atoms with Gasteiger partial charge >= 0.3 is 0 Å². The average Bonchev–Trinajstić information content (AvgIpc) is 3.45. The Morgan fingerprint density at radius 3 is 2.19 bits per heavy atom. The minimum Gasteiger partial charge on any atom is -0.456 e. The van der Waals surface area contributed by atoms with E-state index in [0.717, 1.165) is 53.9 Å². The third-order valence-corrected chi connectivity index (χ3v) is 8.55. The maximum atomic E-state index is 6.51. The van der Waals surface area contributed by atoms with Gasteiger partial charge in [-0.05, 0) is 102 Å². The van der Waals surface area contributed by atoms with Crippen LogP contribution in [-0.4, -0.2) is 0 Å². The molecule has 0 saturated heterocycles. The van der Waals surface area contributed by atoms with Gasteiger partial charge in [0.25, 0.3) is 0 Å². The minimum absolute atomic E-state index is 0.922. The standard InChI is InChI=1S/C40H31NO/c1-3-10-28(11-4-1)30-18-21-33(22-19-30)41(34-16-9-15-32(26-34)29-12-5-2-6-13-29)35-23-24-37-39(27-35)42-38-25-20-31-14-7-8-17-36(31)40(37)38/h1,3-5,7,9-16,18-27H,2,6,8,17H2. The first-order valence-corrected chi connectivity index (χ1v) is 14.9. The molecule has 0 aliphatic heterocycles. The van der Waals surface area contributed by atoms with Gasteiger partial charge in [-0.25, -0.2) is 0 Å². The van der Waals surface area contributed by atoms with Crippen LogP contribution in [0.3, 0.4) is 0 Å². The molecule has 0 atom stereocenters. The summed E-state index contributed by atoms with van der Waals surface area (Å²) in [4.78, 5) is 2.34. The molecule has 0 saturated carbocycles. The number of anilines is 3. The lowest BCUT2D eigenvalue weighted by atomic mass is 9.93. The Bertz CT molecular complexity index is 2020. The van der Waals surface area contributed by atoms with E-state index in [2.05, 4.69) is 144 Å². The lowest BCUT2D eigenvalue weighted by molar-refractivity contribution is 0.668. The van der Waals surface area contributed by atoms with Gasteiger partial charge in [-0.3, -0.25) is 0 Å². The van der Waals surface area contributed by atoms with Crippen LogP contribution in [0.1, 0.15) is 36.0 Å². The molecule has 0 spiro atoms. The summed E-state index contributed by atoms with van der Waals surface area (Å²) < 4.78 is 6.51. The first-order valence-electron chi connectivity index (χ1n) is 14.9. The Morgan fingerprint density at radius 2 is 1.33 bits per heavy atom. The van der Waals surface area contributed by atoms with Crippen molar-refractivity contribution in [2.45, 2.75) is 25.7 Å².